The van der Waals surface area contributed by atoms with Crippen LogP contribution >= 0.6 is 0 Å². The lowest BCUT2D eigenvalue weighted by Gasteiger charge is -2.27. The Labute approximate surface area is 145 Å². The Morgan fingerprint density at radius 1 is 0.792 bits per heavy atom. The molecule has 0 aliphatic heterocycles. The SMILES string of the molecule is CC(C)(C)c1ccc(OS(=O)(=O)c2ccccc2)c(C(C)(C)C)c1. The highest BCUT2D eigenvalue weighted by atomic mass is 32.2. The van der Waals surface area contributed by atoms with Crippen LogP contribution < -0.4 is 4.18 Å². The molecule has 0 N–H and O–H groups in total. The Bertz CT molecular complexity index is 808. The van der Waals surface area contributed by atoms with Gasteiger partial charge in [-0.3, -0.25) is 0 Å². The standard InChI is InChI=1S/C20H26O3S/c1-19(2,3)15-12-13-18(17(14-15)20(4,5)6)23-24(21,22)16-10-8-7-9-11-16/h7-14H,1-6H3. The number of benzene rings is 2. The van der Waals surface area contributed by atoms with Crippen molar-refractivity contribution in [1.29, 1.82) is 0 Å². The molecule has 4 heteroatoms. The molecule has 0 atom stereocenters. The molecule has 0 saturated carbocycles. The molecule has 0 aliphatic rings. The highest BCUT2D eigenvalue weighted by Crippen LogP contribution is 2.36. The Hall–Kier alpha value is -1.81. The van der Waals surface area contributed by atoms with Crippen LogP contribution in [0.1, 0.15) is 52.7 Å². The maximum absolute atomic E-state index is 12.5. The van der Waals surface area contributed by atoms with Gasteiger partial charge in [0.25, 0.3) is 0 Å². The molecule has 0 radical (unpaired) electrons. The molecule has 0 aromatic heterocycles. The fourth-order valence-corrected chi connectivity index (χ4v) is 3.38. The molecule has 0 amide bonds. The van der Waals surface area contributed by atoms with E-state index in [4.69, 9.17) is 4.18 Å². The van der Waals surface area contributed by atoms with Gasteiger partial charge in [-0.15, -0.1) is 0 Å². The molecular weight excluding hydrogens is 320 g/mol. The number of hydrogen-bond donors (Lipinski definition) is 0. The highest BCUT2D eigenvalue weighted by Gasteiger charge is 2.26. The average Bonchev–Trinajstić information content (AvgIpc) is 2.46. The summed E-state index contributed by atoms with van der Waals surface area (Å²) in [6.45, 7) is 12.6. The minimum absolute atomic E-state index is 0.0170. The smallest absolute Gasteiger partial charge is 0.339 e. The van der Waals surface area contributed by atoms with E-state index < -0.39 is 10.1 Å². The summed E-state index contributed by atoms with van der Waals surface area (Å²) in [6, 6.07) is 14.0. The molecule has 2 rings (SSSR count). The monoisotopic (exact) mass is 346 g/mol. The van der Waals surface area contributed by atoms with E-state index in [2.05, 4.69) is 47.6 Å². The van der Waals surface area contributed by atoms with Crippen LogP contribution in [0.15, 0.2) is 53.4 Å². The van der Waals surface area contributed by atoms with Gasteiger partial charge < -0.3 is 4.18 Å². The first-order valence-electron chi connectivity index (χ1n) is 8.06. The molecule has 24 heavy (non-hydrogen) atoms. The predicted octanol–water partition coefficient (Wildman–Crippen LogP) is 5.05. The van der Waals surface area contributed by atoms with E-state index in [1.54, 1.807) is 24.3 Å². The summed E-state index contributed by atoms with van der Waals surface area (Å²) in [5.74, 6) is 0.388. The lowest BCUT2D eigenvalue weighted by Crippen LogP contribution is -2.19. The van der Waals surface area contributed by atoms with Crippen molar-refractivity contribution in [2.24, 2.45) is 0 Å². The van der Waals surface area contributed by atoms with Crippen LogP contribution in [0.25, 0.3) is 0 Å². The van der Waals surface area contributed by atoms with E-state index in [-0.39, 0.29) is 15.7 Å². The van der Waals surface area contributed by atoms with Crippen LogP contribution in [0.4, 0.5) is 0 Å². The predicted molar refractivity (Wildman–Crippen MR) is 98.1 cm³/mol. The molecule has 3 nitrogen and oxygen atoms in total. The molecule has 0 aliphatic carbocycles. The normalized spacial score (nSPS) is 12.9. The summed E-state index contributed by atoms with van der Waals surface area (Å²) in [5, 5.41) is 0. The summed E-state index contributed by atoms with van der Waals surface area (Å²) in [4.78, 5) is 0.157. The first kappa shape index (κ1) is 18.5. The van der Waals surface area contributed by atoms with Gasteiger partial charge in [0, 0.05) is 5.56 Å². The van der Waals surface area contributed by atoms with E-state index in [1.807, 2.05) is 6.07 Å². The van der Waals surface area contributed by atoms with Gasteiger partial charge >= 0.3 is 10.1 Å². The third kappa shape index (κ3) is 4.18. The van der Waals surface area contributed by atoms with Gasteiger partial charge in [0.05, 0.1) is 0 Å². The van der Waals surface area contributed by atoms with Gasteiger partial charge in [0.1, 0.15) is 10.6 Å². The van der Waals surface area contributed by atoms with Crippen molar-refractivity contribution >= 4 is 10.1 Å². The van der Waals surface area contributed by atoms with Crippen molar-refractivity contribution in [3.8, 4) is 5.75 Å². The summed E-state index contributed by atoms with van der Waals surface area (Å²) < 4.78 is 30.6. The quantitative estimate of drug-likeness (QED) is 0.731. The molecule has 2 aromatic rings. The summed E-state index contributed by atoms with van der Waals surface area (Å²) >= 11 is 0. The van der Waals surface area contributed by atoms with Crippen molar-refractivity contribution in [2.75, 3.05) is 0 Å². The van der Waals surface area contributed by atoms with Gasteiger partial charge in [-0.2, -0.15) is 8.42 Å². The summed E-state index contributed by atoms with van der Waals surface area (Å²) in [7, 11) is -3.84. The first-order chi connectivity index (χ1) is 10.9. The van der Waals surface area contributed by atoms with Crippen LogP contribution in [0.2, 0.25) is 0 Å². The molecule has 0 bridgehead atoms. The van der Waals surface area contributed by atoms with Crippen molar-refractivity contribution < 1.29 is 12.6 Å². The van der Waals surface area contributed by atoms with Gasteiger partial charge in [-0.05, 0) is 34.6 Å². The van der Waals surface area contributed by atoms with Crippen molar-refractivity contribution in [3.05, 3.63) is 59.7 Å². The van der Waals surface area contributed by atoms with E-state index >= 15 is 0 Å². The molecular formula is C20H26O3S. The Kier molecular flexibility index (Phi) is 4.82. The van der Waals surface area contributed by atoms with Gasteiger partial charge in [0.2, 0.25) is 0 Å². The third-order valence-corrected chi connectivity index (χ3v) is 5.13. The molecule has 0 saturated heterocycles. The van der Waals surface area contributed by atoms with Crippen LogP contribution in [-0.2, 0) is 20.9 Å². The molecule has 0 spiro atoms. The molecule has 0 heterocycles. The topological polar surface area (TPSA) is 43.4 Å². The number of hydrogen-bond acceptors (Lipinski definition) is 3. The van der Waals surface area contributed by atoms with Crippen molar-refractivity contribution in [1.82, 2.24) is 0 Å². The lowest BCUT2D eigenvalue weighted by atomic mass is 9.80. The highest BCUT2D eigenvalue weighted by molar-refractivity contribution is 7.87. The maximum atomic E-state index is 12.5. The fraction of sp³-hybridized carbons (Fsp3) is 0.400. The second-order valence-corrected chi connectivity index (χ2v) is 9.61. The zero-order valence-electron chi connectivity index (χ0n) is 15.3. The van der Waals surface area contributed by atoms with E-state index in [9.17, 15) is 8.42 Å². The first-order valence-corrected chi connectivity index (χ1v) is 9.47. The molecule has 0 fully saturated rings. The molecule has 2 aromatic carbocycles. The Morgan fingerprint density at radius 3 is 1.88 bits per heavy atom. The van der Waals surface area contributed by atoms with Crippen molar-refractivity contribution in [2.45, 2.75) is 57.3 Å². The fourth-order valence-electron chi connectivity index (χ4n) is 2.41. The zero-order chi connectivity index (χ0) is 18.2. The average molecular weight is 346 g/mol. The van der Waals surface area contributed by atoms with Crippen LogP contribution in [0.3, 0.4) is 0 Å². The lowest BCUT2D eigenvalue weighted by molar-refractivity contribution is 0.469. The van der Waals surface area contributed by atoms with Crippen molar-refractivity contribution in [3.63, 3.8) is 0 Å². The third-order valence-electron chi connectivity index (χ3n) is 3.88. The van der Waals surface area contributed by atoms with Gasteiger partial charge in [0.15, 0.2) is 0 Å². The Morgan fingerprint density at radius 2 is 1.38 bits per heavy atom. The summed E-state index contributed by atoms with van der Waals surface area (Å²) in [5.41, 5.74) is 1.78. The molecule has 0 unspecified atom stereocenters. The largest absolute Gasteiger partial charge is 0.379 e. The van der Waals surface area contributed by atoms with Crippen LogP contribution in [0.5, 0.6) is 5.75 Å². The van der Waals surface area contributed by atoms with Gasteiger partial charge in [-0.25, -0.2) is 0 Å². The number of rotatable bonds is 3. The second kappa shape index (κ2) is 6.25. The minimum Gasteiger partial charge on any atom is -0.379 e. The van der Waals surface area contributed by atoms with Gasteiger partial charge in [-0.1, -0.05) is 71.9 Å². The van der Waals surface area contributed by atoms with E-state index in [1.165, 1.54) is 12.1 Å². The molecule has 130 valence electrons. The zero-order valence-corrected chi connectivity index (χ0v) is 16.1. The van der Waals surface area contributed by atoms with Crippen LogP contribution in [0, 0.1) is 0 Å². The minimum atomic E-state index is -3.84. The van der Waals surface area contributed by atoms with E-state index in [0.717, 1.165) is 11.1 Å². The Balaban J connectivity index is 2.51. The van der Waals surface area contributed by atoms with Crippen LogP contribution in [-0.4, -0.2) is 8.42 Å². The maximum Gasteiger partial charge on any atom is 0.339 e. The summed E-state index contributed by atoms with van der Waals surface area (Å²) in [6.07, 6.45) is 0. The second-order valence-electron chi connectivity index (χ2n) is 8.06. The van der Waals surface area contributed by atoms with E-state index in [0.29, 0.717) is 5.75 Å².